The minimum absolute atomic E-state index is 0.411. The molecule has 0 unspecified atom stereocenters. The van der Waals surface area contributed by atoms with Gasteiger partial charge in [-0.25, -0.2) is 0 Å². The molecule has 0 aliphatic carbocycles. The van der Waals surface area contributed by atoms with Crippen LogP contribution < -0.4 is 5.32 Å². The molecule has 1 atom stereocenters. The van der Waals surface area contributed by atoms with Gasteiger partial charge in [0.15, 0.2) is 0 Å². The molecule has 0 saturated carbocycles. The number of nitrogens with one attached hydrogen (secondary N) is 1. The normalized spacial score (nSPS) is 12.2. The summed E-state index contributed by atoms with van der Waals surface area (Å²) in [5, 5.41) is 3.16. The first-order valence-corrected chi connectivity index (χ1v) is 4.18. The molecular weight excluding hydrogens is 146 g/mol. The fraction of sp³-hybridized carbons (Fsp3) is 0.273. The molecule has 0 heterocycles. The van der Waals surface area contributed by atoms with Crippen LogP contribution in [-0.2, 0) is 0 Å². The molecule has 12 heavy (non-hydrogen) atoms. The quantitative estimate of drug-likeness (QED) is 0.672. The highest BCUT2D eigenvalue weighted by atomic mass is 14.8. The number of hydrogen-bond acceptors (Lipinski definition) is 1. The average molecular weight is 161 g/mol. The van der Waals surface area contributed by atoms with Gasteiger partial charge in [-0.2, -0.15) is 0 Å². The standard InChI is InChI=1S/C11H15N/c1-4-9(2)10-7-5-6-8-11(10)12-3/h4-9,12H,1H2,2-3H3/t9-/m1/s1. The van der Waals surface area contributed by atoms with Crippen molar-refractivity contribution in [2.24, 2.45) is 0 Å². The minimum atomic E-state index is 0.411. The largest absolute Gasteiger partial charge is 0.388 e. The summed E-state index contributed by atoms with van der Waals surface area (Å²) < 4.78 is 0. The van der Waals surface area contributed by atoms with Crippen molar-refractivity contribution in [3.63, 3.8) is 0 Å². The maximum atomic E-state index is 3.78. The average Bonchev–Trinajstić information content (AvgIpc) is 2.16. The second-order valence-corrected chi connectivity index (χ2v) is 2.86. The Labute approximate surface area is 74.1 Å². The van der Waals surface area contributed by atoms with E-state index >= 15 is 0 Å². The predicted molar refractivity (Wildman–Crippen MR) is 54.6 cm³/mol. The summed E-state index contributed by atoms with van der Waals surface area (Å²) in [5.41, 5.74) is 2.49. The smallest absolute Gasteiger partial charge is 0.0376 e. The lowest BCUT2D eigenvalue weighted by atomic mass is 9.99. The number of para-hydroxylation sites is 1. The Hall–Kier alpha value is -1.24. The van der Waals surface area contributed by atoms with Crippen LogP contribution in [0.2, 0.25) is 0 Å². The highest BCUT2D eigenvalue weighted by Gasteiger charge is 2.04. The molecule has 1 aromatic rings. The fourth-order valence-electron chi connectivity index (χ4n) is 1.25. The summed E-state index contributed by atoms with van der Waals surface area (Å²) in [7, 11) is 1.94. The molecular formula is C11H15N. The molecule has 0 spiro atoms. The first kappa shape index (κ1) is 8.85. The monoisotopic (exact) mass is 161 g/mol. The lowest BCUT2D eigenvalue weighted by Gasteiger charge is -2.11. The molecule has 0 bridgehead atoms. The van der Waals surface area contributed by atoms with Gasteiger partial charge in [-0.3, -0.25) is 0 Å². The van der Waals surface area contributed by atoms with Crippen LogP contribution in [0, 0.1) is 0 Å². The third-order valence-electron chi connectivity index (χ3n) is 2.07. The Kier molecular flexibility index (Phi) is 2.92. The fourth-order valence-corrected chi connectivity index (χ4v) is 1.25. The predicted octanol–water partition coefficient (Wildman–Crippen LogP) is 3.02. The zero-order valence-electron chi connectivity index (χ0n) is 7.67. The Morgan fingerprint density at radius 2 is 2.08 bits per heavy atom. The first-order chi connectivity index (χ1) is 5.79. The summed E-state index contributed by atoms with van der Waals surface area (Å²) in [6.45, 7) is 5.93. The van der Waals surface area contributed by atoms with E-state index in [1.807, 2.05) is 19.2 Å². The molecule has 0 saturated heterocycles. The number of benzene rings is 1. The second-order valence-electron chi connectivity index (χ2n) is 2.86. The van der Waals surface area contributed by atoms with E-state index in [9.17, 15) is 0 Å². The van der Waals surface area contributed by atoms with Crippen LogP contribution >= 0.6 is 0 Å². The van der Waals surface area contributed by atoms with Gasteiger partial charge in [0.25, 0.3) is 0 Å². The molecule has 64 valence electrons. The van der Waals surface area contributed by atoms with Gasteiger partial charge in [-0.05, 0) is 11.6 Å². The summed E-state index contributed by atoms with van der Waals surface area (Å²) >= 11 is 0. The van der Waals surface area contributed by atoms with Crippen LogP contribution in [0.5, 0.6) is 0 Å². The SMILES string of the molecule is C=C[C@@H](C)c1ccccc1NC. The summed E-state index contributed by atoms with van der Waals surface area (Å²) in [4.78, 5) is 0. The van der Waals surface area contributed by atoms with Crippen molar-refractivity contribution in [2.75, 3.05) is 12.4 Å². The van der Waals surface area contributed by atoms with Crippen molar-refractivity contribution in [1.29, 1.82) is 0 Å². The molecule has 1 heteroatoms. The highest BCUT2D eigenvalue weighted by molar-refractivity contribution is 5.52. The van der Waals surface area contributed by atoms with Crippen LogP contribution in [0.1, 0.15) is 18.4 Å². The van der Waals surface area contributed by atoms with Crippen LogP contribution in [0.25, 0.3) is 0 Å². The molecule has 0 aliphatic heterocycles. The van der Waals surface area contributed by atoms with Gasteiger partial charge >= 0.3 is 0 Å². The van der Waals surface area contributed by atoms with Gasteiger partial charge in [0.2, 0.25) is 0 Å². The van der Waals surface area contributed by atoms with Crippen LogP contribution in [0.15, 0.2) is 36.9 Å². The summed E-state index contributed by atoms with van der Waals surface area (Å²) in [6.07, 6.45) is 1.95. The maximum absolute atomic E-state index is 3.78. The van der Waals surface area contributed by atoms with Crippen LogP contribution in [0.4, 0.5) is 5.69 Å². The number of allylic oxidation sites excluding steroid dienone is 1. The number of rotatable bonds is 3. The second kappa shape index (κ2) is 3.96. The lowest BCUT2D eigenvalue weighted by molar-refractivity contribution is 0.972. The van der Waals surface area contributed by atoms with Crippen molar-refractivity contribution in [2.45, 2.75) is 12.8 Å². The van der Waals surface area contributed by atoms with Gasteiger partial charge in [-0.1, -0.05) is 31.2 Å². The third kappa shape index (κ3) is 1.67. The van der Waals surface area contributed by atoms with Gasteiger partial charge in [-0.15, -0.1) is 6.58 Å². The molecule has 1 nitrogen and oxygen atoms in total. The van der Waals surface area contributed by atoms with Crippen molar-refractivity contribution < 1.29 is 0 Å². The molecule has 0 aliphatic rings. The Morgan fingerprint density at radius 1 is 1.42 bits per heavy atom. The molecule has 0 amide bonds. The van der Waals surface area contributed by atoms with Gasteiger partial charge in [0.1, 0.15) is 0 Å². The molecule has 1 aromatic carbocycles. The Morgan fingerprint density at radius 3 is 2.67 bits per heavy atom. The van der Waals surface area contributed by atoms with E-state index in [1.165, 1.54) is 11.3 Å². The number of hydrogen-bond donors (Lipinski definition) is 1. The zero-order valence-corrected chi connectivity index (χ0v) is 7.67. The molecule has 0 radical (unpaired) electrons. The third-order valence-corrected chi connectivity index (χ3v) is 2.07. The van der Waals surface area contributed by atoms with Crippen molar-refractivity contribution in [3.8, 4) is 0 Å². The van der Waals surface area contributed by atoms with Gasteiger partial charge in [0.05, 0.1) is 0 Å². The van der Waals surface area contributed by atoms with Crippen LogP contribution in [-0.4, -0.2) is 7.05 Å². The number of anilines is 1. The molecule has 0 aromatic heterocycles. The van der Waals surface area contributed by atoms with E-state index in [0.29, 0.717) is 5.92 Å². The van der Waals surface area contributed by atoms with Gasteiger partial charge in [0, 0.05) is 18.7 Å². The molecule has 1 rings (SSSR count). The van der Waals surface area contributed by atoms with E-state index in [4.69, 9.17) is 0 Å². The minimum Gasteiger partial charge on any atom is -0.388 e. The summed E-state index contributed by atoms with van der Waals surface area (Å²) in [5.74, 6) is 0.411. The lowest BCUT2D eigenvalue weighted by Crippen LogP contribution is -1.96. The molecule has 1 N–H and O–H groups in total. The van der Waals surface area contributed by atoms with E-state index in [-0.39, 0.29) is 0 Å². The maximum Gasteiger partial charge on any atom is 0.0376 e. The van der Waals surface area contributed by atoms with Crippen molar-refractivity contribution in [1.82, 2.24) is 0 Å². The van der Waals surface area contributed by atoms with Crippen molar-refractivity contribution >= 4 is 5.69 Å². The van der Waals surface area contributed by atoms with E-state index in [1.54, 1.807) is 0 Å². The first-order valence-electron chi connectivity index (χ1n) is 4.18. The Bertz CT molecular complexity index is 265. The van der Waals surface area contributed by atoms with Crippen LogP contribution in [0.3, 0.4) is 0 Å². The molecule has 0 fully saturated rings. The van der Waals surface area contributed by atoms with Crippen molar-refractivity contribution in [3.05, 3.63) is 42.5 Å². The highest BCUT2D eigenvalue weighted by Crippen LogP contribution is 2.23. The topological polar surface area (TPSA) is 12.0 Å². The zero-order chi connectivity index (χ0) is 8.97. The summed E-state index contributed by atoms with van der Waals surface area (Å²) in [6, 6.07) is 8.29. The van der Waals surface area contributed by atoms with Gasteiger partial charge < -0.3 is 5.32 Å². The van der Waals surface area contributed by atoms with E-state index in [0.717, 1.165) is 0 Å². The van der Waals surface area contributed by atoms with E-state index in [2.05, 4.69) is 37.0 Å². The Balaban J connectivity index is 3.04. The van der Waals surface area contributed by atoms with E-state index < -0.39 is 0 Å².